The number of nitrogens with zero attached hydrogens (tertiary/aromatic N) is 3. The van der Waals surface area contributed by atoms with Crippen LogP contribution in [0.15, 0.2) is 18.0 Å². The zero-order valence-electron chi connectivity index (χ0n) is 20.8. The SMILES string of the molecule is CN1CCc2nc(C(=O)N[C@@H]3C[C@@H](C(=O)N(C)C)CC[C@@H]3NC(=O)/C(F)=C/c3ccc(Cl)s3)sc2C1.Cl. The second kappa shape index (κ2) is 12.7. The van der Waals surface area contributed by atoms with Crippen LogP contribution in [-0.4, -0.2) is 72.3 Å². The summed E-state index contributed by atoms with van der Waals surface area (Å²) in [5.74, 6) is -2.49. The van der Waals surface area contributed by atoms with Gasteiger partial charge in [-0.1, -0.05) is 11.6 Å². The minimum atomic E-state index is -0.943. The molecule has 202 valence electrons. The van der Waals surface area contributed by atoms with Gasteiger partial charge in [-0.05, 0) is 44.5 Å². The lowest BCUT2D eigenvalue weighted by atomic mass is 9.81. The monoisotopic (exact) mass is 589 g/mol. The molecule has 1 fully saturated rings. The van der Waals surface area contributed by atoms with Gasteiger partial charge in [0.25, 0.3) is 11.8 Å². The molecule has 1 aliphatic carbocycles. The quantitative estimate of drug-likeness (QED) is 0.500. The smallest absolute Gasteiger partial charge is 0.280 e. The van der Waals surface area contributed by atoms with Gasteiger partial charge in [0.05, 0.1) is 16.1 Å². The van der Waals surface area contributed by atoms with Crippen LogP contribution in [0.5, 0.6) is 0 Å². The first-order valence-corrected chi connectivity index (χ1v) is 13.7. The normalized spacial score (nSPS) is 22.0. The molecule has 37 heavy (non-hydrogen) atoms. The fourth-order valence-electron chi connectivity index (χ4n) is 4.58. The molecule has 13 heteroatoms. The summed E-state index contributed by atoms with van der Waals surface area (Å²) in [6.07, 6.45) is 3.22. The second-order valence-corrected chi connectivity index (χ2v) is 12.2. The van der Waals surface area contributed by atoms with Crippen molar-refractivity contribution in [2.45, 2.75) is 44.3 Å². The third-order valence-electron chi connectivity index (χ3n) is 6.47. The number of hydrogen-bond acceptors (Lipinski definition) is 7. The van der Waals surface area contributed by atoms with Crippen molar-refractivity contribution in [1.82, 2.24) is 25.4 Å². The molecular weight excluding hydrogens is 560 g/mol. The van der Waals surface area contributed by atoms with Crippen LogP contribution in [-0.2, 0) is 22.6 Å². The molecule has 2 aromatic rings. The zero-order chi connectivity index (χ0) is 26.0. The number of fused-ring (bicyclic) bond motifs is 1. The van der Waals surface area contributed by atoms with Crippen LogP contribution < -0.4 is 10.6 Å². The van der Waals surface area contributed by atoms with E-state index in [9.17, 15) is 18.8 Å². The maximum absolute atomic E-state index is 14.6. The molecule has 1 saturated carbocycles. The van der Waals surface area contributed by atoms with Crippen molar-refractivity contribution in [3.8, 4) is 0 Å². The minimum Gasteiger partial charge on any atom is -0.349 e. The summed E-state index contributed by atoms with van der Waals surface area (Å²) in [5.41, 5.74) is 0.943. The summed E-state index contributed by atoms with van der Waals surface area (Å²) in [4.78, 5) is 48.3. The number of carbonyl (C=O) groups excluding carboxylic acids is 3. The van der Waals surface area contributed by atoms with Gasteiger partial charge in [0.15, 0.2) is 10.8 Å². The Morgan fingerprint density at radius 1 is 1.19 bits per heavy atom. The second-order valence-electron chi connectivity index (χ2n) is 9.41. The van der Waals surface area contributed by atoms with Crippen LogP contribution >= 0.6 is 46.7 Å². The number of amides is 3. The van der Waals surface area contributed by atoms with Crippen molar-refractivity contribution < 1.29 is 18.8 Å². The fourth-order valence-corrected chi connectivity index (χ4v) is 6.66. The minimum absolute atomic E-state index is 0. The summed E-state index contributed by atoms with van der Waals surface area (Å²) in [7, 11) is 5.41. The molecule has 3 atom stereocenters. The molecule has 3 amide bonds. The van der Waals surface area contributed by atoms with Crippen molar-refractivity contribution in [3.63, 3.8) is 0 Å². The van der Waals surface area contributed by atoms with E-state index < -0.39 is 23.8 Å². The van der Waals surface area contributed by atoms with Crippen molar-refractivity contribution in [2.24, 2.45) is 5.92 Å². The summed E-state index contributed by atoms with van der Waals surface area (Å²) < 4.78 is 15.1. The van der Waals surface area contributed by atoms with Crippen LogP contribution in [0.2, 0.25) is 4.34 Å². The molecule has 8 nitrogen and oxygen atoms in total. The Morgan fingerprint density at radius 2 is 1.95 bits per heavy atom. The number of likely N-dealkylation sites (N-methyl/N-ethyl adjacent to an activating group) is 1. The van der Waals surface area contributed by atoms with E-state index in [1.807, 2.05) is 7.05 Å². The number of nitrogens with one attached hydrogen (secondary N) is 2. The summed E-state index contributed by atoms with van der Waals surface area (Å²) in [6.45, 7) is 1.64. The Morgan fingerprint density at radius 3 is 2.62 bits per heavy atom. The molecule has 2 N–H and O–H groups in total. The average Bonchev–Trinajstić information content (AvgIpc) is 3.44. The number of rotatable bonds is 6. The lowest BCUT2D eigenvalue weighted by Crippen LogP contribution is -2.56. The highest BCUT2D eigenvalue weighted by molar-refractivity contribution is 7.17. The summed E-state index contributed by atoms with van der Waals surface area (Å²) in [6, 6.07) is 2.19. The molecule has 0 spiro atoms. The number of carbonyl (C=O) groups is 3. The van der Waals surface area contributed by atoms with E-state index in [4.69, 9.17) is 11.6 Å². The lowest BCUT2D eigenvalue weighted by molar-refractivity contribution is -0.134. The van der Waals surface area contributed by atoms with Crippen LogP contribution in [0.3, 0.4) is 0 Å². The molecule has 0 unspecified atom stereocenters. The van der Waals surface area contributed by atoms with Gasteiger partial charge in [0, 0.05) is 55.3 Å². The molecule has 0 radical (unpaired) electrons. The Labute approximate surface area is 234 Å². The van der Waals surface area contributed by atoms with Crippen molar-refractivity contribution in [1.29, 1.82) is 0 Å². The molecule has 2 aromatic heterocycles. The van der Waals surface area contributed by atoms with E-state index in [1.165, 1.54) is 16.2 Å². The first-order chi connectivity index (χ1) is 17.1. The summed E-state index contributed by atoms with van der Waals surface area (Å²) in [5, 5.41) is 6.06. The Balaban J connectivity index is 0.00000380. The van der Waals surface area contributed by atoms with Crippen LogP contribution in [0.4, 0.5) is 4.39 Å². The largest absolute Gasteiger partial charge is 0.349 e. The number of thiophene rings is 1. The van der Waals surface area contributed by atoms with Crippen molar-refractivity contribution in [3.05, 3.63) is 42.8 Å². The molecule has 4 rings (SSSR count). The Hall–Kier alpha value is -2.05. The molecule has 3 heterocycles. The first-order valence-electron chi connectivity index (χ1n) is 11.7. The standard InChI is InChI=1S/C24H29ClFN5O3S2.ClH/c1-30(2)24(34)13-4-6-16(27-21(32)15(26)11-14-5-7-20(25)35-14)18(10-13)28-22(33)23-29-17-8-9-31(3)12-19(17)36-23;/h5,7,11,13,16,18H,4,6,8-10,12H2,1-3H3,(H,27,32)(H,28,33);1H/b15-11-;/t13-,16-,18+;/m0./s1. The predicted octanol–water partition coefficient (Wildman–Crippen LogP) is 3.75. The number of thiazole rings is 1. The van der Waals surface area contributed by atoms with E-state index in [1.54, 1.807) is 26.2 Å². The van der Waals surface area contributed by atoms with Crippen molar-refractivity contribution in [2.75, 3.05) is 27.7 Å². The highest BCUT2D eigenvalue weighted by Gasteiger charge is 2.37. The van der Waals surface area contributed by atoms with Crippen molar-refractivity contribution >= 4 is 70.5 Å². The van der Waals surface area contributed by atoms with E-state index in [-0.39, 0.29) is 30.1 Å². The van der Waals surface area contributed by atoms with Gasteiger partial charge in [0.2, 0.25) is 5.91 Å². The van der Waals surface area contributed by atoms with Gasteiger partial charge in [0.1, 0.15) is 0 Å². The maximum Gasteiger partial charge on any atom is 0.280 e. The molecule has 0 bridgehead atoms. The fraction of sp³-hybridized carbons (Fsp3) is 0.500. The number of hydrogen-bond donors (Lipinski definition) is 2. The van der Waals surface area contributed by atoms with E-state index >= 15 is 0 Å². The molecule has 2 aliphatic rings. The van der Waals surface area contributed by atoms with E-state index in [0.29, 0.717) is 33.5 Å². The third kappa shape index (κ3) is 7.29. The third-order valence-corrected chi connectivity index (χ3v) is 8.73. The van der Waals surface area contributed by atoms with Gasteiger partial charge < -0.3 is 20.4 Å². The van der Waals surface area contributed by atoms with E-state index in [0.717, 1.165) is 47.5 Å². The van der Waals surface area contributed by atoms with Gasteiger partial charge in [-0.2, -0.15) is 0 Å². The van der Waals surface area contributed by atoms with Gasteiger partial charge in [-0.25, -0.2) is 9.37 Å². The van der Waals surface area contributed by atoms with Gasteiger partial charge >= 0.3 is 0 Å². The first kappa shape index (κ1) is 29.5. The Kier molecular flexibility index (Phi) is 10.1. The zero-order valence-corrected chi connectivity index (χ0v) is 24.0. The summed E-state index contributed by atoms with van der Waals surface area (Å²) >= 11 is 8.42. The molecule has 1 aliphatic heterocycles. The van der Waals surface area contributed by atoms with Gasteiger partial charge in [-0.3, -0.25) is 14.4 Å². The number of aromatic nitrogens is 1. The predicted molar refractivity (Wildman–Crippen MR) is 147 cm³/mol. The number of halogens is 3. The molecular formula is C24H30Cl2FN5O3S2. The highest BCUT2D eigenvalue weighted by atomic mass is 35.5. The highest BCUT2D eigenvalue weighted by Crippen LogP contribution is 2.29. The maximum atomic E-state index is 14.6. The molecule has 0 aromatic carbocycles. The van der Waals surface area contributed by atoms with Crippen LogP contribution in [0, 0.1) is 5.92 Å². The average molecular weight is 591 g/mol. The van der Waals surface area contributed by atoms with Crippen LogP contribution in [0.1, 0.15) is 44.5 Å². The van der Waals surface area contributed by atoms with Crippen LogP contribution in [0.25, 0.3) is 6.08 Å². The van der Waals surface area contributed by atoms with E-state index in [2.05, 4.69) is 20.5 Å². The topological polar surface area (TPSA) is 94.6 Å². The lowest BCUT2D eigenvalue weighted by Gasteiger charge is -2.37. The Bertz CT molecular complexity index is 1190. The van der Waals surface area contributed by atoms with Gasteiger partial charge in [-0.15, -0.1) is 35.1 Å². The molecule has 0 saturated heterocycles.